The van der Waals surface area contributed by atoms with Crippen molar-refractivity contribution in [1.82, 2.24) is 20.1 Å². The zero-order valence-electron chi connectivity index (χ0n) is 10.7. The lowest BCUT2D eigenvalue weighted by Gasteiger charge is -2.02. The third-order valence-electron chi connectivity index (χ3n) is 2.51. The Morgan fingerprint density at radius 1 is 1.37 bits per heavy atom. The second-order valence-electron chi connectivity index (χ2n) is 3.96. The van der Waals surface area contributed by atoms with Crippen LogP contribution in [0, 0.1) is 0 Å². The standard InChI is InChI=1S/C13H16N4O2/c1-19-8-7-14-13(18)9-12-15-10-17(16-12)11-5-3-2-4-6-11/h2-6,10H,7-9H2,1H3,(H,14,18). The number of benzene rings is 1. The smallest absolute Gasteiger partial charge is 0.227 e. The summed E-state index contributed by atoms with van der Waals surface area (Å²) < 4.78 is 6.50. The number of aromatic nitrogens is 3. The second kappa shape index (κ2) is 6.65. The lowest BCUT2D eigenvalue weighted by atomic mass is 10.3. The van der Waals surface area contributed by atoms with Gasteiger partial charge in [0.2, 0.25) is 5.91 Å². The second-order valence-corrected chi connectivity index (χ2v) is 3.96. The van der Waals surface area contributed by atoms with Gasteiger partial charge in [-0.15, -0.1) is 0 Å². The van der Waals surface area contributed by atoms with Crippen LogP contribution in [-0.4, -0.2) is 40.9 Å². The SMILES string of the molecule is COCCNC(=O)Cc1ncn(-c2ccccc2)n1. The minimum atomic E-state index is -0.108. The van der Waals surface area contributed by atoms with Gasteiger partial charge in [-0.1, -0.05) is 18.2 Å². The number of carbonyl (C=O) groups excluding carboxylic acids is 1. The van der Waals surface area contributed by atoms with E-state index in [1.807, 2.05) is 30.3 Å². The normalized spacial score (nSPS) is 10.4. The number of methoxy groups -OCH3 is 1. The summed E-state index contributed by atoms with van der Waals surface area (Å²) in [5, 5.41) is 6.99. The monoisotopic (exact) mass is 260 g/mol. The van der Waals surface area contributed by atoms with E-state index in [0.717, 1.165) is 5.69 Å². The van der Waals surface area contributed by atoms with Gasteiger partial charge in [-0.25, -0.2) is 9.67 Å². The van der Waals surface area contributed by atoms with Crippen LogP contribution in [0.15, 0.2) is 36.7 Å². The molecule has 2 rings (SSSR count). The number of rotatable bonds is 6. The Kier molecular flexibility index (Phi) is 4.63. The molecular weight excluding hydrogens is 244 g/mol. The summed E-state index contributed by atoms with van der Waals surface area (Å²) in [7, 11) is 1.59. The molecule has 0 saturated carbocycles. The molecule has 1 aromatic carbocycles. The fourth-order valence-corrected chi connectivity index (χ4v) is 1.58. The highest BCUT2D eigenvalue weighted by atomic mass is 16.5. The van der Waals surface area contributed by atoms with Crippen LogP contribution >= 0.6 is 0 Å². The number of hydrogen-bond acceptors (Lipinski definition) is 4. The van der Waals surface area contributed by atoms with Gasteiger partial charge in [0.25, 0.3) is 0 Å². The van der Waals surface area contributed by atoms with Crippen molar-refractivity contribution in [3.05, 3.63) is 42.5 Å². The first-order valence-electron chi connectivity index (χ1n) is 6.01. The van der Waals surface area contributed by atoms with Gasteiger partial charge < -0.3 is 10.1 Å². The average Bonchev–Trinajstić information content (AvgIpc) is 2.88. The molecule has 0 bridgehead atoms. The first kappa shape index (κ1) is 13.2. The molecule has 0 spiro atoms. The van der Waals surface area contributed by atoms with Gasteiger partial charge in [0.05, 0.1) is 18.7 Å². The molecule has 1 N–H and O–H groups in total. The highest BCUT2D eigenvalue weighted by Gasteiger charge is 2.08. The summed E-state index contributed by atoms with van der Waals surface area (Å²) in [4.78, 5) is 15.7. The maximum atomic E-state index is 11.6. The van der Waals surface area contributed by atoms with Crippen molar-refractivity contribution in [1.29, 1.82) is 0 Å². The predicted molar refractivity (Wildman–Crippen MR) is 69.9 cm³/mol. The lowest BCUT2D eigenvalue weighted by Crippen LogP contribution is -2.28. The number of nitrogens with zero attached hydrogens (tertiary/aromatic N) is 3. The summed E-state index contributed by atoms with van der Waals surface area (Å²) in [6.07, 6.45) is 1.77. The molecule has 2 aromatic rings. The Hall–Kier alpha value is -2.21. The molecule has 0 atom stereocenters. The summed E-state index contributed by atoms with van der Waals surface area (Å²) in [5.74, 6) is 0.390. The number of amides is 1. The number of carbonyl (C=O) groups is 1. The quantitative estimate of drug-likeness (QED) is 0.771. The predicted octanol–water partition coefficient (Wildman–Crippen LogP) is 0.572. The van der Waals surface area contributed by atoms with E-state index in [1.54, 1.807) is 18.1 Å². The highest BCUT2D eigenvalue weighted by Crippen LogP contribution is 2.04. The minimum absolute atomic E-state index is 0.108. The Labute approximate surface area is 111 Å². The molecule has 1 heterocycles. The maximum absolute atomic E-state index is 11.6. The first-order valence-corrected chi connectivity index (χ1v) is 6.01. The van der Waals surface area contributed by atoms with E-state index >= 15 is 0 Å². The Balaban J connectivity index is 1.93. The molecule has 0 aliphatic rings. The molecule has 0 aliphatic carbocycles. The summed E-state index contributed by atoms with van der Waals surface area (Å²) >= 11 is 0. The third-order valence-corrected chi connectivity index (χ3v) is 2.51. The number of hydrogen-bond donors (Lipinski definition) is 1. The van der Waals surface area contributed by atoms with Crippen molar-refractivity contribution < 1.29 is 9.53 Å². The van der Waals surface area contributed by atoms with E-state index in [-0.39, 0.29) is 12.3 Å². The van der Waals surface area contributed by atoms with Gasteiger partial charge in [0.15, 0.2) is 5.82 Å². The summed E-state index contributed by atoms with van der Waals surface area (Å²) in [5.41, 5.74) is 0.918. The molecule has 1 amide bonds. The van der Waals surface area contributed by atoms with Crippen molar-refractivity contribution in [3.63, 3.8) is 0 Å². The van der Waals surface area contributed by atoms with E-state index in [9.17, 15) is 4.79 Å². The molecule has 6 heteroatoms. The Bertz CT molecular complexity index is 524. The van der Waals surface area contributed by atoms with Crippen LogP contribution < -0.4 is 5.32 Å². The van der Waals surface area contributed by atoms with Gasteiger partial charge in [0.1, 0.15) is 6.33 Å². The van der Waals surface area contributed by atoms with Crippen molar-refractivity contribution in [2.24, 2.45) is 0 Å². The third kappa shape index (κ3) is 3.89. The van der Waals surface area contributed by atoms with E-state index in [2.05, 4.69) is 15.4 Å². The number of nitrogens with one attached hydrogen (secondary N) is 1. The number of para-hydroxylation sites is 1. The Morgan fingerprint density at radius 3 is 2.89 bits per heavy atom. The minimum Gasteiger partial charge on any atom is -0.383 e. The average molecular weight is 260 g/mol. The molecule has 1 aromatic heterocycles. The van der Waals surface area contributed by atoms with Crippen molar-refractivity contribution in [2.45, 2.75) is 6.42 Å². The van der Waals surface area contributed by atoms with Crippen LogP contribution in [0.4, 0.5) is 0 Å². The molecule has 0 fully saturated rings. The molecule has 0 radical (unpaired) electrons. The maximum Gasteiger partial charge on any atom is 0.227 e. The van der Waals surface area contributed by atoms with Crippen LogP contribution in [0.2, 0.25) is 0 Å². The molecule has 100 valence electrons. The van der Waals surface area contributed by atoms with Gasteiger partial charge in [-0.2, -0.15) is 5.10 Å². The van der Waals surface area contributed by atoms with Crippen LogP contribution in [0.3, 0.4) is 0 Å². The molecule has 6 nitrogen and oxygen atoms in total. The topological polar surface area (TPSA) is 69.0 Å². The van der Waals surface area contributed by atoms with E-state index in [1.165, 1.54) is 0 Å². The van der Waals surface area contributed by atoms with Crippen molar-refractivity contribution in [3.8, 4) is 5.69 Å². The van der Waals surface area contributed by atoms with Gasteiger partial charge in [-0.05, 0) is 12.1 Å². The molecule has 0 aliphatic heterocycles. The lowest BCUT2D eigenvalue weighted by molar-refractivity contribution is -0.120. The fraction of sp³-hybridized carbons (Fsp3) is 0.308. The van der Waals surface area contributed by atoms with Gasteiger partial charge in [-0.3, -0.25) is 4.79 Å². The van der Waals surface area contributed by atoms with E-state index in [4.69, 9.17) is 4.74 Å². The Morgan fingerprint density at radius 2 is 2.16 bits per heavy atom. The van der Waals surface area contributed by atoms with Crippen LogP contribution in [0.5, 0.6) is 0 Å². The highest BCUT2D eigenvalue weighted by molar-refractivity contribution is 5.77. The molecule has 19 heavy (non-hydrogen) atoms. The van der Waals surface area contributed by atoms with Gasteiger partial charge >= 0.3 is 0 Å². The van der Waals surface area contributed by atoms with Crippen LogP contribution in [-0.2, 0) is 16.0 Å². The molecule has 0 saturated heterocycles. The van der Waals surface area contributed by atoms with Crippen molar-refractivity contribution in [2.75, 3.05) is 20.3 Å². The van der Waals surface area contributed by atoms with Gasteiger partial charge in [0, 0.05) is 13.7 Å². The first-order chi connectivity index (χ1) is 9.29. The summed E-state index contributed by atoms with van der Waals surface area (Å²) in [6, 6.07) is 9.64. The van der Waals surface area contributed by atoms with Crippen molar-refractivity contribution >= 4 is 5.91 Å². The summed E-state index contributed by atoms with van der Waals surface area (Å²) in [6.45, 7) is 0.992. The number of ether oxygens (including phenoxy) is 1. The largest absolute Gasteiger partial charge is 0.383 e. The fourth-order valence-electron chi connectivity index (χ4n) is 1.58. The van der Waals surface area contributed by atoms with E-state index in [0.29, 0.717) is 19.0 Å². The molecular formula is C13H16N4O2. The van der Waals surface area contributed by atoms with Crippen LogP contribution in [0.1, 0.15) is 5.82 Å². The zero-order chi connectivity index (χ0) is 13.5. The molecule has 0 unspecified atom stereocenters. The van der Waals surface area contributed by atoms with E-state index < -0.39 is 0 Å². The zero-order valence-corrected chi connectivity index (χ0v) is 10.7. The van der Waals surface area contributed by atoms with Crippen LogP contribution in [0.25, 0.3) is 5.69 Å².